The van der Waals surface area contributed by atoms with Crippen molar-refractivity contribution in [3.63, 3.8) is 0 Å². The molecule has 0 spiro atoms. The molecule has 1 aliphatic carbocycles. The standard InChI is InChI=1S/C21H19NO4/c1-3-22(4-2)15-8-5-13(6-9-15)11-18-19(23)16-10-7-14(21(25)26)12-17(16)20(18)24/h5-12H,3-4H2,1-2H3,(H,25,26). The van der Waals surface area contributed by atoms with E-state index in [-0.39, 0.29) is 28.0 Å². The van der Waals surface area contributed by atoms with E-state index in [1.807, 2.05) is 24.3 Å². The Morgan fingerprint density at radius 3 is 2.15 bits per heavy atom. The van der Waals surface area contributed by atoms with Gasteiger partial charge in [0.25, 0.3) is 0 Å². The monoisotopic (exact) mass is 349 g/mol. The van der Waals surface area contributed by atoms with Crippen molar-refractivity contribution in [2.75, 3.05) is 18.0 Å². The number of hydrogen-bond acceptors (Lipinski definition) is 4. The van der Waals surface area contributed by atoms with Crippen LogP contribution in [-0.2, 0) is 0 Å². The molecule has 0 unspecified atom stereocenters. The number of fused-ring (bicyclic) bond motifs is 1. The third kappa shape index (κ3) is 3.04. The number of aromatic carboxylic acids is 1. The van der Waals surface area contributed by atoms with E-state index >= 15 is 0 Å². The minimum absolute atomic E-state index is 0.00488. The van der Waals surface area contributed by atoms with E-state index < -0.39 is 11.8 Å². The van der Waals surface area contributed by atoms with Crippen LogP contribution in [0.25, 0.3) is 6.08 Å². The molecule has 0 heterocycles. The van der Waals surface area contributed by atoms with E-state index in [9.17, 15) is 14.4 Å². The molecule has 2 aromatic rings. The van der Waals surface area contributed by atoms with Crippen LogP contribution in [0.1, 0.15) is 50.5 Å². The van der Waals surface area contributed by atoms with Gasteiger partial charge in [-0.1, -0.05) is 12.1 Å². The summed E-state index contributed by atoms with van der Waals surface area (Å²) < 4.78 is 0. The first kappa shape index (κ1) is 17.6. The predicted octanol–water partition coefficient (Wildman–Crippen LogP) is 3.69. The van der Waals surface area contributed by atoms with Gasteiger partial charge in [0.2, 0.25) is 0 Å². The molecule has 0 amide bonds. The molecule has 0 saturated heterocycles. The Hall–Kier alpha value is -3.21. The van der Waals surface area contributed by atoms with Crippen molar-refractivity contribution in [1.29, 1.82) is 0 Å². The van der Waals surface area contributed by atoms with Gasteiger partial charge in [-0.3, -0.25) is 9.59 Å². The highest BCUT2D eigenvalue weighted by Crippen LogP contribution is 2.29. The molecule has 0 aliphatic heterocycles. The van der Waals surface area contributed by atoms with E-state index in [4.69, 9.17) is 5.11 Å². The molecule has 0 fully saturated rings. The largest absolute Gasteiger partial charge is 0.478 e. The number of hydrogen-bond donors (Lipinski definition) is 1. The number of ketones is 2. The number of benzene rings is 2. The van der Waals surface area contributed by atoms with Crippen LogP contribution in [0.4, 0.5) is 5.69 Å². The maximum atomic E-state index is 12.6. The number of rotatable bonds is 5. The first-order valence-electron chi connectivity index (χ1n) is 8.49. The van der Waals surface area contributed by atoms with Crippen LogP contribution in [0.3, 0.4) is 0 Å². The number of carbonyl (C=O) groups is 3. The van der Waals surface area contributed by atoms with E-state index in [1.54, 1.807) is 6.08 Å². The van der Waals surface area contributed by atoms with Gasteiger partial charge in [-0.15, -0.1) is 0 Å². The van der Waals surface area contributed by atoms with Crippen LogP contribution in [0.15, 0.2) is 48.0 Å². The Labute approximate surface area is 151 Å². The van der Waals surface area contributed by atoms with Crippen molar-refractivity contribution in [2.45, 2.75) is 13.8 Å². The molecular formula is C21H19NO4. The third-order valence-corrected chi connectivity index (χ3v) is 4.58. The van der Waals surface area contributed by atoms with Crippen LogP contribution < -0.4 is 4.90 Å². The Bertz CT molecular complexity index is 922. The van der Waals surface area contributed by atoms with Crippen molar-refractivity contribution in [2.24, 2.45) is 0 Å². The third-order valence-electron chi connectivity index (χ3n) is 4.58. The fourth-order valence-corrected chi connectivity index (χ4v) is 3.12. The van der Waals surface area contributed by atoms with Gasteiger partial charge >= 0.3 is 5.97 Å². The second kappa shape index (κ2) is 6.96. The van der Waals surface area contributed by atoms with E-state index in [1.165, 1.54) is 18.2 Å². The zero-order valence-corrected chi connectivity index (χ0v) is 14.7. The molecule has 2 aromatic carbocycles. The van der Waals surface area contributed by atoms with Gasteiger partial charge in [0.1, 0.15) is 0 Å². The van der Waals surface area contributed by atoms with E-state index in [2.05, 4.69) is 18.7 Å². The number of anilines is 1. The lowest BCUT2D eigenvalue weighted by Crippen LogP contribution is -2.21. The Morgan fingerprint density at radius 2 is 1.58 bits per heavy atom. The van der Waals surface area contributed by atoms with Gasteiger partial charge in [0.15, 0.2) is 11.6 Å². The van der Waals surface area contributed by atoms with Crippen LogP contribution in [0, 0.1) is 0 Å². The van der Waals surface area contributed by atoms with Gasteiger partial charge in [-0.05, 0) is 55.8 Å². The lowest BCUT2D eigenvalue weighted by Gasteiger charge is -2.20. The Balaban J connectivity index is 1.93. The minimum Gasteiger partial charge on any atom is -0.478 e. The SMILES string of the molecule is CCN(CC)c1ccc(C=C2C(=O)c3ccc(C(=O)O)cc3C2=O)cc1. The molecule has 1 N–H and O–H groups in total. The summed E-state index contributed by atoms with van der Waals surface area (Å²) in [6.45, 7) is 5.96. The zero-order valence-electron chi connectivity index (χ0n) is 14.7. The van der Waals surface area contributed by atoms with Crippen molar-refractivity contribution in [1.82, 2.24) is 0 Å². The van der Waals surface area contributed by atoms with Crippen LogP contribution >= 0.6 is 0 Å². The number of carboxylic acid groups (broad SMARTS) is 1. The Kier molecular flexibility index (Phi) is 4.71. The number of carbonyl (C=O) groups excluding carboxylic acids is 2. The second-order valence-corrected chi connectivity index (χ2v) is 6.05. The fraction of sp³-hybridized carbons (Fsp3) is 0.190. The summed E-state index contributed by atoms with van der Waals surface area (Å²) in [5.74, 6) is -1.92. The lowest BCUT2D eigenvalue weighted by molar-refractivity contribution is 0.0696. The van der Waals surface area contributed by atoms with Crippen LogP contribution in [0.2, 0.25) is 0 Å². The molecule has 132 valence electrons. The van der Waals surface area contributed by atoms with Crippen molar-refractivity contribution < 1.29 is 19.5 Å². The average molecular weight is 349 g/mol. The Morgan fingerprint density at radius 1 is 0.962 bits per heavy atom. The smallest absolute Gasteiger partial charge is 0.335 e. The molecule has 3 rings (SSSR count). The molecule has 0 atom stereocenters. The molecule has 5 nitrogen and oxygen atoms in total. The summed E-state index contributed by atoms with van der Waals surface area (Å²) in [6, 6.07) is 11.7. The molecular weight excluding hydrogens is 330 g/mol. The first-order valence-corrected chi connectivity index (χ1v) is 8.49. The van der Waals surface area contributed by atoms with Gasteiger partial charge in [0, 0.05) is 29.9 Å². The van der Waals surface area contributed by atoms with Crippen LogP contribution in [-0.4, -0.2) is 35.7 Å². The van der Waals surface area contributed by atoms with Gasteiger partial charge in [0.05, 0.1) is 11.1 Å². The highest BCUT2D eigenvalue weighted by molar-refractivity contribution is 6.41. The zero-order chi connectivity index (χ0) is 18.8. The van der Waals surface area contributed by atoms with Crippen molar-refractivity contribution >= 4 is 29.3 Å². The predicted molar refractivity (Wildman–Crippen MR) is 100 cm³/mol. The molecule has 1 aliphatic rings. The fourth-order valence-electron chi connectivity index (χ4n) is 3.12. The highest BCUT2D eigenvalue weighted by Gasteiger charge is 2.33. The molecule has 0 aromatic heterocycles. The maximum absolute atomic E-state index is 12.6. The number of Topliss-reactive ketones (excluding diaryl/α,β-unsaturated/α-hetero) is 2. The summed E-state index contributed by atoms with van der Waals surface area (Å²) in [4.78, 5) is 38.4. The minimum atomic E-state index is -1.13. The molecule has 0 radical (unpaired) electrons. The maximum Gasteiger partial charge on any atom is 0.335 e. The normalized spacial score (nSPS) is 14.6. The summed E-state index contributed by atoms with van der Waals surface area (Å²) in [5, 5.41) is 9.07. The summed E-state index contributed by atoms with van der Waals surface area (Å²) in [6.07, 6.45) is 1.57. The van der Waals surface area contributed by atoms with E-state index in [0.29, 0.717) is 0 Å². The summed E-state index contributed by atoms with van der Waals surface area (Å²) in [5.41, 5.74) is 2.30. The molecule has 0 bridgehead atoms. The summed E-state index contributed by atoms with van der Waals surface area (Å²) in [7, 11) is 0. The first-order chi connectivity index (χ1) is 12.5. The van der Waals surface area contributed by atoms with Crippen molar-refractivity contribution in [3.8, 4) is 0 Å². The second-order valence-electron chi connectivity index (χ2n) is 6.05. The van der Waals surface area contributed by atoms with Crippen molar-refractivity contribution in [3.05, 3.63) is 70.3 Å². The lowest BCUT2D eigenvalue weighted by atomic mass is 10.1. The molecule has 26 heavy (non-hydrogen) atoms. The average Bonchev–Trinajstić information content (AvgIpc) is 2.88. The number of nitrogens with zero attached hydrogens (tertiary/aromatic N) is 1. The molecule has 0 saturated carbocycles. The molecule has 5 heteroatoms. The van der Waals surface area contributed by atoms with Gasteiger partial charge < -0.3 is 10.0 Å². The van der Waals surface area contributed by atoms with Gasteiger partial charge in [-0.25, -0.2) is 4.79 Å². The number of allylic oxidation sites excluding steroid dienone is 1. The van der Waals surface area contributed by atoms with Crippen LogP contribution in [0.5, 0.6) is 0 Å². The highest BCUT2D eigenvalue weighted by atomic mass is 16.4. The number of carboxylic acids is 1. The van der Waals surface area contributed by atoms with Gasteiger partial charge in [-0.2, -0.15) is 0 Å². The van der Waals surface area contributed by atoms with E-state index in [0.717, 1.165) is 24.3 Å². The quantitative estimate of drug-likeness (QED) is 0.658. The summed E-state index contributed by atoms with van der Waals surface area (Å²) >= 11 is 0. The topological polar surface area (TPSA) is 74.7 Å².